The number of rotatable bonds is 4. The summed E-state index contributed by atoms with van der Waals surface area (Å²) in [6, 6.07) is 17.3. The van der Waals surface area contributed by atoms with E-state index in [0.29, 0.717) is 0 Å². The molecular weight excluding hydrogens is 226 g/mol. The van der Waals surface area contributed by atoms with Crippen molar-refractivity contribution in [3.05, 3.63) is 60.2 Å². The number of aliphatic carboxylic acids is 1. The highest BCUT2D eigenvalue weighted by atomic mass is 16.4. The molecule has 0 heterocycles. The summed E-state index contributed by atoms with van der Waals surface area (Å²) >= 11 is 0. The summed E-state index contributed by atoms with van der Waals surface area (Å²) < 4.78 is 0. The Balaban J connectivity index is 2.20. The number of benzene rings is 2. The van der Waals surface area contributed by atoms with Crippen LogP contribution in [0.25, 0.3) is 0 Å². The lowest BCUT2D eigenvalue weighted by Gasteiger charge is -2.10. The molecule has 0 saturated heterocycles. The Morgan fingerprint density at radius 2 is 1.72 bits per heavy atom. The Kier molecular flexibility index (Phi) is 3.63. The van der Waals surface area contributed by atoms with E-state index in [1.165, 1.54) is 0 Å². The van der Waals surface area contributed by atoms with Gasteiger partial charge in [0.1, 0.15) is 0 Å². The van der Waals surface area contributed by atoms with Crippen molar-refractivity contribution < 1.29 is 9.90 Å². The number of anilines is 2. The maximum absolute atomic E-state index is 10.9. The van der Waals surface area contributed by atoms with E-state index in [2.05, 4.69) is 5.32 Å². The molecule has 18 heavy (non-hydrogen) atoms. The molecule has 0 aliphatic carbocycles. The normalized spacial score (nSPS) is 11.8. The number of nitrogens with one attached hydrogen (secondary N) is 1. The van der Waals surface area contributed by atoms with Gasteiger partial charge in [0, 0.05) is 11.4 Å². The second-order valence-corrected chi connectivity index (χ2v) is 4.18. The first-order valence-electron chi connectivity index (χ1n) is 5.81. The molecule has 2 aromatic carbocycles. The fraction of sp³-hybridized carbons (Fsp3) is 0.133. The second kappa shape index (κ2) is 5.36. The number of hydrogen-bond acceptors (Lipinski definition) is 2. The SMILES string of the molecule is C[C@@H](C(=O)O)c1cccc(Nc2ccccc2)c1. The van der Waals surface area contributed by atoms with Crippen molar-refractivity contribution in [2.45, 2.75) is 12.8 Å². The predicted molar refractivity (Wildman–Crippen MR) is 72.2 cm³/mol. The highest BCUT2D eigenvalue weighted by molar-refractivity contribution is 5.76. The first-order valence-corrected chi connectivity index (χ1v) is 5.81. The lowest BCUT2D eigenvalue weighted by Crippen LogP contribution is -2.07. The molecule has 0 unspecified atom stereocenters. The third-order valence-corrected chi connectivity index (χ3v) is 2.82. The second-order valence-electron chi connectivity index (χ2n) is 4.18. The Hall–Kier alpha value is -2.29. The highest BCUT2D eigenvalue weighted by Crippen LogP contribution is 2.22. The number of carboxylic acid groups (broad SMARTS) is 1. The summed E-state index contributed by atoms with van der Waals surface area (Å²) in [6.07, 6.45) is 0. The zero-order chi connectivity index (χ0) is 13.0. The first-order chi connectivity index (χ1) is 8.66. The molecule has 0 fully saturated rings. The summed E-state index contributed by atoms with van der Waals surface area (Å²) in [5, 5.41) is 12.2. The van der Waals surface area contributed by atoms with Gasteiger partial charge in [0.15, 0.2) is 0 Å². The molecular formula is C15H15NO2. The van der Waals surface area contributed by atoms with Crippen molar-refractivity contribution in [2.24, 2.45) is 0 Å². The van der Waals surface area contributed by atoms with Gasteiger partial charge in [0.05, 0.1) is 5.92 Å². The van der Waals surface area contributed by atoms with Crippen LogP contribution in [-0.2, 0) is 4.79 Å². The average Bonchev–Trinajstić information content (AvgIpc) is 2.39. The van der Waals surface area contributed by atoms with Crippen molar-refractivity contribution in [2.75, 3.05) is 5.32 Å². The minimum atomic E-state index is -0.813. The number of carbonyl (C=O) groups is 1. The molecule has 0 aromatic heterocycles. The third-order valence-electron chi connectivity index (χ3n) is 2.82. The van der Waals surface area contributed by atoms with Gasteiger partial charge < -0.3 is 10.4 Å². The Morgan fingerprint density at radius 3 is 2.39 bits per heavy atom. The summed E-state index contributed by atoms with van der Waals surface area (Å²) in [5.74, 6) is -1.31. The van der Waals surface area contributed by atoms with Crippen molar-refractivity contribution in [3.63, 3.8) is 0 Å². The Morgan fingerprint density at radius 1 is 1.06 bits per heavy atom. The van der Waals surface area contributed by atoms with Crippen LogP contribution in [-0.4, -0.2) is 11.1 Å². The molecule has 0 spiro atoms. The van der Waals surface area contributed by atoms with Gasteiger partial charge in [-0.05, 0) is 36.8 Å². The average molecular weight is 241 g/mol. The minimum Gasteiger partial charge on any atom is -0.481 e. The maximum Gasteiger partial charge on any atom is 0.310 e. The van der Waals surface area contributed by atoms with E-state index in [1.807, 2.05) is 54.6 Å². The van der Waals surface area contributed by atoms with Crippen LogP contribution in [0.2, 0.25) is 0 Å². The molecule has 2 aromatic rings. The number of para-hydroxylation sites is 1. The van der Waals surface area contributed by atoms with Gasteiger partial charge in [-0.25, -0.2) is 0 Å². The first kappa shape index (κ1) is 12.2. The van der Waals surface area contributed by atoms with Crippen LogP contribution in [0.5, 0.6) is 0 Å². The zero-order valence-electron chi connectivity index (χ0n) is 10.1. The summed E-state index contributed by atoms with van der Waals surface area (Å²) in [6.45, 7) is 1.68. The largest absolute Gasteiger partial charge is 0.481 e. The van der Waals surface area contributed by atoms with Crippen LogP contribution in [0.3, 0.4) is 0 Å². The van der Waals surface area contributed by atoms with E-state index in [-0.39, 0.29) is 0 Å². The van der Waals surface area contributed by atoms with Crippen molar-refractivity contribution >= 4 is 17.3 Å². The van der Waals surface area contributed by atoms with Gasteiger partial charge in [-0.3, -0.25) is 4.79 Å². The van der Waals surface area contributed by atoms with Gasteiger partial charge >= 0.3 is 5.97 Å². The van der Waals surface area contributed by atoms with Crippen LogP contribution in [0.4, 0.5) is 11.4 Å². The van der Waals surface area contributed by atoms with Gasteiger partial charge in [0.2, 0.25) is 0 Å². The number of hydrogen-bond donors (Lipinski definition) is 2. The molecule has 1 atom stereocenters. The highest BCUT2D eigenvalue weighted by Gasteiger charge is 2.13. The lowest BCUT2D eigenvalue weighted by molar-refractivity contribution is -0.138. The van der Waals surface area contributed by atoms with E-state index in [0.717, 1.165) is 16.9 Å². The van der Waals surface area contributed by atoms with E-state index < -0.39 is 11.9 Å². The molecule has 0 amide bonds. The molecule has 3 nitrogen and oxygen atoms in total. The molecule has 3 heteroatoms. The van der Waals surface area contributed by atoms with Crippen molar-refractivity contribution in [3.8, 4) is 0 Å². The van der Waals surface area contributed by atoms with Crippen LogP contribution >= 0.6 is 0 Å². The smallest absolute Gasteiger partial charge is 0.310 e. The predicted octanol–water partition coefficient (Wildman–Crippen LogP) is 3.62. The quantitative estimate of drug-likeness (QED) is 0.859. The molecule has 0 saturated carbocycles. The molecule has 0 bridgehead atoms. The van der Waals surface area contributed by atoms with E-state index in [9.17, 15) is 4.79 Å². The minimum absolute atomic E-state index is 0.498. The molecule has 0 radical (unpaired) electrons. The summed E-state index contributed by atoms with van der Waals surface area (Å²) in [7, 11) is 0. The number of carboxylic acids is 1. The molecule has 0 aliphatic rings. The van der Waals surface area contributed by atoms with Crippen LogP contribution in [0.15, 0.2) is 54.6 Å². The standard InChI is InChI=1S/C15H15NO2/c1-11(15(17)18)12-6-5-9-14(10-12)16-13-7-3-2-4-8-13/h2-11,16H,1H3,(H,17,18)/t11-/m1/s1. The lowest BCUT2D eigenvalue weighted by atomic mass is 10.0. The van der Waals surface area contributed by atoms with E-state index in [4.69, 9.17) is 5.11 Å². The van der Waals surface area contributed by atoms with E-state index >= 15 is 0 Å². The Bertz CT molecular complexity index is 537. The van der Waals surface area contributed by atoms with Gasteiger partial charge in [-0.1, -0.05) is 30.3 Å². The third kappa shape index (κ3) is 2.88. The molecule has 2 rings (SSSR count). The van der Waals surface area contributed by atoms with Gasteiger partial charge in [0.25, 0.3) is 0 Å². The molecule has 2 N–H and O–H groups in total. The van der Waals surface area contributed by atoms with Crippen molar-refractivity contribution in [1.29, 1.82) is 0 Å². The topological polar surface area (TPSA) is 49.3 Å². The monoisotopic (exact) mass is 241 g/mol. The molecule has 0 aliphatic heterocycles. The fourth-order valence-corrected chi connectivity index (χ4v) is 1.72. The zero-order valence-corrected chi connectivity index (χ0v) is 10.1. The summed E-state index contributed by atoms with van der Waals surface area (Å²) in [5.41, 5.74) is 2.67. The van der Waals surface area contributed by atoms with Crippen LogP contribution in [0, 0.1) is 0 Å². The van der Waals surface area contributed by atoms with Crippen molar-refractivity contribution in [1.82, 2.24) is 0 Å². The fourth-order valence-electron chi connectivity index (χ4n) is 1.72. The van der Waals surface area contributed by atoms with E-state index in [1.54, 1.807) is 6.92 Å². The Labute approximate surface area is 106 Å². The van der Waals surface area contributed by atoms with Crippen LogP contribution in [0.1, 0.15) is 18.4 Å². The van der Waals surface area contributed by atoms with Gasteiger partial charge in [-0.2, -0.15) is 0 Å². The summed E-state index contributed by atoms with van der Waals surface area (Å²) in [4.78, 5) is 10.9. The molecule has 92 valence electrons. The van der Waals surface area contributed by atoms with Gasteiger partial charge in [-0.15, -0.1) is 0 Å². The van der Waals surface area contributed by atoms with Crippen LogP contribution < -0.4 is 5.32 Å². The maximum atomic E-state index is 10.9.